The third kappa shape index (κ3) is 4.95. The number of halogens is 2. The van der Waals surface area contributed by atoms with Crippen LogP contribution in [0.4, 0.5) is 4.39 Å². The van der Waals surface area contributed by atoms with Gasteiger partial charge in [0.25, 0.3) is 5.91 Å². The van der Waals surface area contributed by atoms with Gasteiger partial charge in [-0.3, -0.25) is 4.79 Å². The summed E-state index contributed by atoms with van der Waals surface area (Å²) in [6.07, 6.45) is 2.08. The topological polar surface area (TPSA) is 72.9 Å². The highest BCUT2D eigenvalue weighted by molar-refractivity contribution is 9.10. The van der Waals surface area contributed by atoms with Crippen molar-refractivity contribution in [2.24, 2.45) is 0 Å². The Hall–Kier alpha value is -1.19. The van der Waals surface area contributed by atoms with Crippen molar-refractivity contribution in [1.82, 2.24) is 4.90 Å². The van der Waals surface area contributed by atoms with Gasteiger partial charge in [0.05, 0.1) is 17.6 Å². The second-order valence-electron chi connectivity index (χ2n) is 6.60. The van der Waals surface area contributed by atoms with Crippen LogP contribution in [0, 0.1) is 5.82 Å². The van der Waals surface area contributed by atoms with Crippen molar-refractivity contribution < 1.29 is 27.1 Å². The summed E-state index contributed by atoms with van der Waals surface area (Å²) in [5.41, 5.74) is 0. The molecule has 3 rings (SSSR count). The zero-order valence-corrected chi connectivity index (χ0v) is 16.6. The molecule has 9 heteroatoms. The first kappa shape index (κ1) is 19.6. The molecule has 0 radical (unpaired) electrons. The molecular formula is C17H21BrFNO5S. The molecule has 0 bridgehead atoms. The molecule has 2 saturated heterocycles. The van der Waals surface area contributed by atoms with Crippen LogP contribution in [0.1, 0.15) is 19.3 Å². The number of carbonyl (C=O) groups is 1. The first-order valence-corrected chi connectivity index (χ1v) is 11.1. The van der Waals surface area contributed by atoms with Crippen LogP contribution >= 0.6 is 15.9 Å². The predicted octanol–water partition coefficient (Wildman–Crippen LogP) is 2.16. The van der Waals surface area contributed by atoms with E-state index >= 15 is 0 Å². The van der Waals surface area contributed by atoms with Crippen molar-refractivity contribution in [1.29, 1.82) is 0 Å². The summed E-state index contributed by atoms with van der Waals surface area (Å²) in [7, 11) is -3.13. The van der Waals surface area contributed by atoms with E-state index in [0.29, 0.717) is 24.0 Å². The molecule has 2 aliphatic heterocycles. The SMILES string of the molecule is O=C(COc1ccc(Br)cc1F)N(CC1CCCO1)C1CCS(=O)(=O)C1. The van der Waals surface area contributed by atoms with Crippen molar-refractivity contribution in [3.05, 3.63) is 28.5 Å². The zero-order valence-electron chi connectivity index (χ0n) is 14.2. The van der Waals surface area contributed by atoms with E-state index in [9.17, 15) is 17.6 Å². The number of rotatable bonds is 6. The molecule has 1 amide bonds. The Balaban J connectivity index is 1.67. The summed E-state index contributed by atoms with van der Waals surface area (Å²) in [6.45, 7) is 0.642. The molecule has 0 aromatic heterocycles. The minimum absolute atomic E-state index is 0.0161. The molecule has 2 aliphatic rings. The summed E-state index contributed by atoms with van der Waals surface area (Å²) in [5, 5.41) is 0. The lowest BCUT2D eigenvalue weighted by molar-refractivity contribution is -0.137. The van der Waals surface area contributed by atoms with E-state index in [2.05, 4.69) is 15.9 Å². The number of benzene rings is 1. The van der Waals surface area contributed by atoms with E-state index in [1.54, 1.807) is 6.07 Å². The molecule has 2 unspecified atom stereocenters. The minimum Gasteiger partial charge on any atom is -0.481 e. The quantitative estimate of drug-likeness (QED) is 0.665. The lowest BCUT2D eigenvalue weighted by Crippen LogP contribution is -2.47. The maximum Gasteiger partial charge on any atom is 0.260 e. The van der Waals surface area contributed by atoms with Crippen LogP contribution in [0.3, 0.4) is 0 Å². The number of nitrogens with zero attached hydrogens (tertiary/aromatic N) is 1. The first-order chi connectivity index (χ1) is 12.3. The number of ether oxygens (including phenoxy) is 2. The highest BCUT2D eigenvalue weighted by atomic mass is 79.9. The van der Waals surface area contributed by atoms with Crippen molar-refractivity contribution in [3.8, 4) is 5.75 Å². The van der Waals surface area contributed by atoms with E-state index < -0.39 is 15.7 Å². The van der Waals surface area contributed by atoms with Crippen LogP contribution in [-0.2, 0) is 19.4 Å². The van der Waals surface area contributed by atoms with Gasteiger partial charge >= 0.3 is 0 Å². The number of carbonyl (C=O) groups excluding carboxylic acids is 1. The Labute approximate surface area is 160 Å². The third-order valence-electron chi connectivity index (χ3n) is 4.64. The number of sulfone groups is 1. The fourth-order valence-electron chi connectivity index (χ4n) is 3.30. The molecule has 0 N–H and O–H groups in total. The number of hydrogen-bond donors (Lipinski definition) is 0. The Morgan fingerprint density at radius 1 is 1.38 bits per heavy atom. The second kappa shape index (κ2) is 8.22. The normalized spacial score (nSPS) is 24.5. The molecule has 26 heavy (non-hydrogen) atoms. The average Bonchev–Trinajstić information content (AvgIpc) is 3.20. The minimum atomic E-state index is -3.13. The van der Waals surface area contributed by atoms with Crippen LogP contribution < -0.4 is 4.74 Å². The highest BCUT2D eigenvalue weighted by Crippen LogP contribution is 2.24. The van der Waals surface area contributed by atoms with Gasteiger partial charge in [0.15, 0.2) is 28.0 Å². The molecule has 144 valence electrons. The van der Waals surface area contributed by atoms with Gasteiger partial charge in [0.1, 0.15) is 0 Å². The first-order valence-electron chi connectivity index (χ1n) is 8.53. The van der Waals surface area contributed by atoms with Gasteiger partial charge in [-0.1, -0.05) is 15.9 Å². The van der Waals surface area contributed by atoms with E-state index in [4.69, 9.17) is 9.47 Å². The average molecular weight is 450 g/mol. The summed E-state index contributed by atoms with van der Waals surface area (Å²) in [5.74, 6) is -0.906. The Bertz CT molecular complexity index is 766. The number of hydrogen-bond acceptors (Lipinski definition) is 5. The molecule has 1 aromatic rings. The summed E-state index contributed by atoms with van der Waals surface area (Å²) in [4.78, 5) is 14.2. The fraction of sp³-hybridized carbons (Fsp3) is 0.588. The smallest absolute Gasteiger partial charge is 0.260 e. The second-order valence-corrected chi connectivity index (χ2v) is 9.75. The van der Waals surface area contributed by atoms with Gasteiger partial charge in [0, 0.05) is 23.7 Å². The summed E-state index contributed by atoms with van der Waals surface area (Å²) in [6, 6.07) is 3.94. The lowest BCUT2D eigenvalue weighted by atomic mass is 10.1. The van der Waals surface area contributed by atoms with Gasteiger partial charge in [-0.15, -0.1) is 0 Å². The standard InChI is InChI=1S/C17H21BrFNO5S/c18-12-3-4-16(15(19)8-12)25-10-17(21)20(9-14-2-1-6-24-14)13-5-7-26(22,23)11-13/h3-4,8,13-14H,1-2,5-7,9-11H2. The Morgan fingerprint density at radius 2 is 2.19 bits per heavy atom. The van der Waals surface area contributed by atoms with E-state index in [0.717, 1.165) is 12.8 Å². The molecule has 0 saturated carbocycles. The van der Waals surface area contributed by atoms with Crippen molar-refractivity contribution in [3.63, 3.8) is 0 Å². The summed E-state index contributed by atoms with van der Waals surface area (Å²) < 4.78 is 49.0. The predicted molar refractivity (Wildman–Crippen MR) is 97.3 cm³/mol. The summed E-state index contributed by atoms with van der Waals surface area (Å²) >= 11 is 3.16. The monoisotopic (exact) mass is 449 g/mol. The lowest BCUT2D eigenvalue weighted by Gasteiger charge is -2.30. The molecule has 0 spiro atoms. The van der Waals surface area contributed by atoms with Crippen LogP contribution in [0.5, 0.6) is 5.75 Å². The van der Waals surface area contributed by atoms with Gasteiger partial charge in [-0.05, 0) is 37.5 Å². The molecule has 2 atom stereocenters. The molecule has 0 aliphatic carbocycles. The van der Waals surface area contributed by atoms with Crippen LogP contribution in [-0.4, -0.2) is 62.6 Å². The molecule has 2 fully saturated rings. The Kier molecular flexibility index (Phi) is 6.19. The highest BCUT2D eigenvalue weighted by Gasteiger charge is 2.36. The zero-order chi connectivity index (χ0) is 18.7. The van der Waals surface area contributed by atoms with Crippen LogP contribution in [0.15, 0.2) is 22.7 Å². The molecule has 1 aromatic carbocycles. The molecule has 6 nitrogen and oxygen atoms in total. The Morgan fingerprint density at radius 3 is 2.81 bits per heavy atom. The van der Waals surface area contributed by atoms with Crippen molar-refractivity contribution in [2.45, 2.75) is 31.4 Å². The van der Waals surface area contributed by atoms with Gasteiger partial charge < -0.3 is 14.4 Å². The number of amides is 1. The van der Waals surface area contributed by atoms with Gasteiger partial charge in [0.2, 0.25) is 0 Å². The largest absolute Gasteiger partial charge is 0.481 e. The molecular weight excluding hydrogens is 429 g/mol. The van der Waals surface area contributed by atoms with E-state index in [1.165, 1.54) is 17.0 Å². The van der Waals surface area contributed by atoms with Crippen LogP contribution in [0.25, 0.3) is 0 Å². The van der Waals surface area contributed by atoms with Crippen LogP contribution in [0.2, 0.25) is 0 Å². The van der Waals surface area contributed by atoms with Crippen molar-refractivity contribution in [2.75, 3.05) is 31.3 Å². The maximum atomic E-state index is 13.9. The maximum absolute atomic E-state index is 13.9. The van der Waals surface area contributed by atoms with E-state index in [1.807, 2.05) is 0 Å². The van der Waals surface area contributed by atoms with E-state index in [-0.39, 0.29) is 41.9 Å². The van der Waals surface area contributed by atoms with Crippen molar-refractivity contribution >= 4 is 31.7 Å². The third-order valence-corrected chi connectivity index (χ3v) is 6.88. The van der Waals surface area contributed by atoms with Gasteiger partial charge in [-0.25, -0.2) is 12.8 Å². The van der Waals surface area contributed by atoms with Gasteiger partial charge in [-0.2, -0.15) is 0 Å². The fourth-order valence-corrected chi connectivity index (χ4v) is 5.36. The molecule has 2 heterocycles.